The van der Waals surface area contributed by atoms with Crippen molar-refractivity contribution in [2.24, 2.45) is 5.41 Å². The van der Waals surface area contributed by atoms with Crippen molar-refractivity contribution in [1.29, 1.82) is 5.26 Å². The van der Waals surface area contributed by atoms with Gasteiger partial charge in [0.2, 0.25) is 0 Å². The van der Waals surface area contributed by atoms with Gasteiger partial charge in [0.1, 0.15) is 34.3 Å². The second-order valence-corrected chi connectivity index (χ2v) is 15.9. The first kappa shape index (κ1) is 34.1. The van der Waals surface area contributed by atoms with Crippen LogP contribution in [0.2, 0.25) is 5.02 Å². The topological polar surface area (TPSA) is 124 Å². The van der Waals surface area contributed by atoms with Crippen molar-refractivity contribution in [2.45, 2.75) is 50.9 Å². The molecular formula is C36H39ClF2N8O3S. The predicted molar refractivity (Wildman–Crippen MR) is 193 cm³/mol. The van der Waals surface area contributed by atoms with Crippen molar-refractivity contribution in [3.63, 3.8) is 0 Å². The van der Waals surface area contributed by atoms with E-state index in [0.717, 1.165) is 43.6 Å². The number of likely N-dealkylation sites (N-methyl/N-ethyl adjacent to an activating group) is 1. The minimum Gasteiger partial charge on any atom is -0.459 e. The zero-order valence-electron chi connectivity index (χ0n) is 28.7. The van der Waals surface area contributed by atoms with Crippen molar-refractivity contribution in [3.05, 3.63) is 40.4 Å². The Morgan fingerprint density at radius 3 is 2.67 bits per heavy atom. The number of carbonyl (C=O) groups excluding carboxylic acids is 1. The molecule has 51 heavy (non-hydrogen) atoms. The molecule has 268 valence electrons. The van der Waals surface area contributed by atoms with Crippen LogP contribution in [0.4, 0.5) is 24.4 Å². The Balaban J connectivity index is 1.19. The highest BCUT2D eigenvalue weighted by molar-refractivity contribution is 7.23. The highest BCUT2D eigenvalue weighted by Gasteiger charge is 2.50. The third-order valence-corrected chi connectivity index (χ3v) is 12.5. The van der Waals surface area contributed by atoms with Crippen molar-refractivity contribution >= 4 is 60.8 Å². The molecule has 11 nitrogen and oxygen atoms in total. The van der Waals surface area contributed by atoms with E-state index < -0.39 is 11.6 Å². The summed E-state index contributed by atoms with van der Waals surface area (Å²) in [6.45, 7) is 6.68. The maximum absolute atomic E-state index is 17.1. The summed E-state index contributed by atoms with van der Waals surface area (Å²) in [6.07, 6.45) is 3.66. The van der Waals surface area contributed by atoms with Crippen LogP contribution in [0, 0.1) is 28.4 Å². The van der Waals surface area contributed by atoms with Crippen LogP contribution >= 0.6 is 22.9 Å². The zero-order chi connectivity index (χ0) is 35.8. The first-order valence-electron chi connectivity index (χ1n) is 17.3. The fourth-order valence-corrected chi connectivity index (χ4v) is 9.72. The molecule has 15 heteroatoms. The highest BCUT2D eigenvalue weighted by Crippen LogP contribution is 2.47. The maximum Gasteiger partial charge on any atom is 0.320 e. The number of rotatable bonds is 6. The molecule has 8 rings (SSSR count). The quantitative estimate of drug-likeness (QED) is 0.250. The van der Waals surface area contributed by atoms with E-state index in [1.165, 1.54) is 12.1 Å². The van der Waals surface area contributed by atoms with Gasteiger partial charge in [0.25, 0.3) is 0 Å². The monoisotopic (exact) mass is 736 g/mol. The van der Waals surface area contributed by atoms with Crippen LogP contribution in [-0.4, -0.2) is 109 Å². The van der Waals surface area contributed by atoms with Gasteiger partial charge < -0.3 is 29.9 Å². The van der Waals surface area contributed by atoms with Crippen molar-refractivity contribution in [1.82, 2.24) is 24.7 Å². The summed E-state index contributed by atoms with van der Waals surface area (Å²) in [7, 11) is 3.72. The number of amides is 2. The lowest BCUT2D eigenvalue weighted by Gasteiger charge is -2.56. The smallest absolute Gasteiger partial charge is 0.320 e. The first-order valence-corrected chi connectivity index (χ1v) is 18.5. The van der Waals surface area contributed by atoms with E-state index in [0.29, 0.717) is 50.5 Å². The average Bonchev–Trinajstić information content (AvgIpc) is 3.66. The highest BCUT2D eigenvalue weighted by atomic mass is 35.5. The van der Waals surface area contributed by atoms with E-state index in [9.17, 15) is 14.4 Å². The number of piperidine rings is 1. The Morgan fingerprint density at radius 1 is 1.18 bits per heavy atom. The number of nitrogens with two attached hydrogens (primary N) is 1. The van der Waals surface area contributed by atoms with Gasteiger partial charge in [0, 0.05) is 61.1 Å². The second kappa shape index (κ2) is 12.9. The van der Waals surface area contributed by atoms with E-state index in [4.69, 9.17) is 31.8 Å². The summed E-state index contributed by atoms with van der Waals surface area (Å²) in [5, 5.41) is 10.7. The summed E-state index contributed by atoms with van der Waals surface area (Å²) in [5.74, 6) is -0.783. The first-order chi connectivity index (χ1) is 24.5. The fourth-order valence-electron chi connectivity index (χ4n) is 8.47. The number of nitrogen functional groups attached to an aromatic ring is 1. The standard InChI is InChI=1S/C36H39ClF2N8O3S/c1-19(26-6-4-10-44(26)2)50-34-42-30-22(12-24(37)28(29(30)39)21-7-8-25(38)31-27(21)23(13-40)32(41)51-31)33(43-34)45-11-5-9-36(16-45)17-47(18-36)35(48)46-14-20(15-46)49-3/h7-8,12,19-20,26H,4-6,9-11,14-18,41H2,1-3H3/t19-,26?/m0/s1. The Morgan fingerprint density at radius 2 is 1.96 bits per heavy atom. The van der Waals surface area contributed by atoms with Crippen LogP contribution in [0.25, 0.3) is 32.1 Å². The molecule has 6 heterocycles. The van der Waals surface area contributed by atoms with Gasteiger partial charge in [-0.15, -0.1) is 11.3 Å². The Kier molecular flexibility index (Phi) is 8.60. The van der Waals surface area contributed by atoms with E-state index >= 15 is 4.39 Å². The van der Waals surface area contributed by atoms with Crippen LogP contribution < -0.4 is 15.4 Å². The van der Waals surface area contributed by atoms with Gasteiger partial charge in [0.15, 0.2) is 5.82 Å². The number of anilines is 2. The number of likely N-dealkylation sites (tertiary alicyclic amines) is 3. The van der Waals surface area contributed by atoms with E-state index in [-0.39, 0.29) is 78.0 Å². The Hall–Kier alpha value is -4.03. The minimum atomic E-state index is -0.728. The van der Waals surface area contributed by atoms with E-state index in [2.05, 4.69) is 27.9 Å². The molecule has 2 amide bonds. The number of nitrogens with zero attached hydrogens (tertiary/aromatic N) is 7. The van der Waals surface area contributed by atoms with Gasteiger partial charge in [-0.25, -0.2) is 13.6 Å². The van der Waals surface area contributed by atoms with Crippen LogP contribution in [-0.2, 0) is 4.74 Å². The van der Waals surface area contributed by atoms with Crippen LogP contribution in [0.3, 0.4) is 0 Å². The number of hydrogen-bond donors (Lipinski definition) is 1. The normalized spacial score (nSPS) is 21.3. The molecule has 1 spiro atoms. The predicted octanol–water partition coefficient (Wildman–Crippen LogP) is 6.11. The second-order valence-electron chi connectivity index (χ2n) is 14.5. The molecule has 2 aromatic heterocycles. The van der Waals surface area contributed by atoms with Crippen molar-refractivity contribution in [3.8, 4) is 23.2 Å². The Bertz CT molecular complexity index is 2100. The number of benzene rings is 2. The molecule has 4 saturated heterocycles. The molecule has 4 aliphatic heterocycles. The summed E-state index contributed by atoms with van der Waals surface area (Å²) in [4.78, 5) is 30.8. The van der Waals surface area contributed by atoms with Gasteiger partial charge >= 0.3 is 12.0 Å². The fraction of sp³-hybridized carbons (Fsp3) is 0.500. The number of halogens is 3. The van der Waals surface area contributed by atoms with Crippen molar-refractivity contribution in [2.75, 3.05) is 70.6 Å². The molecule has 4 aromatic rings. The van der Waals surface area contributed by atoms with Gasteiger partial charge in [-0.3, -0.25) is 4.90 Å². The van der Waals surface area contributed by atoms with Gasteiger partial charge in [-0.2, -0.15) is 15.2 Å². The molecule has 4 aliphatic rings. The molecule has 2 N–H and O–H groups in total. The number of hydrogen-bond acceptors (Lipinski definition) is 10. The summed E-state index contributed by atoms with van der Waals surface area (Å²) in [5.41, 5.74) is 6.29. The number of nitriles is 1. The minimum absolute atomic E-state index is 0.00684. The van der Waals surface area contributed by atoms with Crippen LogP contribution in [0.15, 0.2) is 18.2 Å². The van der Waals surface area contributed by atoms with Gasteiger partial charge in [-0.05, 0) is 63.9 Å². The average molecular weight is 737 g/mol. The SMILES string of the molecule is COC1CN(C(=O)N2CC3(CCCN(c4nc(O[C@@H](C)C5CCCN5C)nc5c(F)c(-c6ccc(F)c7sc(N)c(C#N)c67)c(Cl)cc45)C3)C2)C1. The van der Waals surface area contributed by atoms with Crippen LogP contribution in [0.1, 0.15) is 38.2 Å². The third kappa shape index (κ3) is 5.69. The number of aromatic nitrogens is 2. The summed E-state index contributed by atoms with van der Waals surface area (Å²) < 4.78 is 44.0. The summed E-state index contributed by atoms with van der Waals surface area (Å²) >= 11 is 7.87. The lowest BCUT2D eigenvalue weighted by atomic mass is 9.73. The molecular weight excluding hydrogens is 698 g/mol. The Labute approximate surface area is 303 Å². The van der Waals surface area contributed by atoms with E-state index in [1.54, 1.807) is 13.2 Å². The number of urea groups is 1. The molecule has 1 unspecified atom stereocenters. The molecule has 0 radical (unpaired) electrons. The van der Waals surface area contributed by atoms with Crippen molar-refractivity contribution < 1.29 is 23.0 Å². The molecule has 0 aliphatic carbocycles. The number of carbonyl (C=O) groups is 1. The molecule has 0 bridgehead atoms. The number of thiophene rings is 1. The lowest BCUT2D eigenvalue weighted by molar-refractivity contribution is -0.0412. The largest absolute Gasteiger partial charge is 0.459 e. The number of ether oxygens (including phenoxy) is 2. The summed E-state index contributed by atoms with van der Waals surface area (Å²) in [6, 6.07) is 6.59. The van der Waals surface area contributed by atoms with Gasteiger partial charge in [0.05, 0.1) is 34.5 Å². The molecule has 0 saturated carbocycles. The molecule has 2 aromatic carbocycles. The maximum atomic E-state index is 17.1. The number of fused-ring (bicyclic) bond motifs is 2. The van der Waals surface area contributed by atoms with Crippen LogP contribution in [0.5, 0.6) is 6.01 Å². The van der Waals surface area contributed by atoms with Gasteiger partial charge in [-0.1, -0.05) is 17.7 Å². The lowest BCUT2D eigenvalue weighted by Crippen LogP contribution is -2.68. The number of methoxy groups -OCH3 is 1. The molecule has 4 fully saturated rings. The van der Waals surface area contributed by atoms with E-state index in [1.807, 2.05) is 16.7 Å². The third-order valence-electron chi connectivity index (χ3n) is 11.2. The molecule has 2 atom stereocenters. The zero-order valence-corrected chi connectivity index (χ0v) is 30.3.